The van der Waals surface area contributed by atoms with Crippen molar-refractivity contribution in [2.75, 3.05) is 4.90 Å². The fraction of sp³-hybridized carbons (Fsp3) is 0.106. The molecule has 8 rings (SSSR count). The standard InChI is InChI=1S/C45H35N5.C2H6/c1-4-13-30(5-2)43-47-44(32-14-7-6-8-15-32)49-45(48-43)33-22-20-31(21-23-33)36-24-25-41-39(28-36)38-27-35-17-10-9-16-34(35)26-37(38)29-50(41)42-19-12-11-18-40(42)46-3;1-2/h4-28H,3,29H2,1-2H3;1-2H3/b13-4-,30-5+;. The summed E-state index contributed by atoms with van der Waals surface area (Å²) in [5, 5.41) is 2.47. The second kappa shape index (κ2) is 15.2. The Labute approximate surface area is 306 Å². The van der Waals surface area contributed by atoms with Gasteiger partial charge in [0.15, 0.2) is 17.5 Å². The van der Waals surface area contributed by atoms with Gasteiger partial charge in [-0.3, -0.25) is 4.99 Å². The molecule has 1 aromatic heterocycles. The Morgan fingerprint density at radius 1 is 0.615 bits per heavy atom. The highest BCUT2D eigenvalue weighted by Crippen LogP contribution is 2.47. The summed E-state index contributed by atoms with van der Waals surface area (Å²) in [6.07, 6.45) is 6.06. The van der Waals surface area contributed by atoms with E-state index in [0.717, 1.165) is 51.4 Å². The summed E-state index contributed by atoms with van der Waals surface area (Å²) in [7, 11) is 0. The molecule has 0 amide bonds. The molecule has 0 saturated carbocycles. The number of hydrogen-bond acceptors (Lipinski definition) is 5. The van der Waals surface area contributed by atoms with Crippen molar-refractivity contribution in [2.24, 2.45) is 4.99 Å². The number of nitrogens with zero attached hydrogens (tertiary/aromatic N) is 5. The van der Waals surface area contributed by atoms with E-state index in [2.05, 4.69) is 108 Å². The monoisotopic (exact) mass is 675 g/mol. The van der Waals surface area contributed by atoms with Crippen LogP contribution in [-0.2, 0) is 6.54 Å². The van der Waals surface area contributed by atoms with Gasteiger partial charge in [0.2, 0.25) is 0 Å². The van der Waals surface area contributed by atoms with Crippen molar-refractivity contribution in [1.29, 1.82) is 0 Å². The average Bonchev–Trinajstić information content (AvgIpc) is 3.22. The molecule has 0 fully saturated rings. The minimum Gasteiger partial charge on any atom is -0.335 e. The first-order chi connectivity index (χ1) is 25.6. The van der Waals surface area contributed by atoms with E-state index in [1.807, 2.05) is 88.4 Å². The van der Waals surface area contributed by atoms with Crippen molar-refractivity contribution in [1.82, 2.24) is 15.0 Å². The third-order valence-corrected chi connectivity index (χ3v) is 9.28. The largest absolute Gasteiger partial charge is 0.335 e. The maximum absolute atomic E-state index is 4.92. The van der Waals surface area contributed by atoms with Crippen LogP contribution in [-0.4, -0.2) is 21.7 Å². The van der Waals surface area contributed by atoms with Gasteiger partial charge in [0.05, 0.1) is 11.4 Å². The van der Waals surface area contributed by atoms with Gasteiger partial charge in [0.1, 0.15) is 0 Å². The van der Waals surface area contributed by atoms with Crippen molar-refractivity contribution >= 4 is 40.1 Å². The first-order valence-corrected chi connectivity index (χ1v) is 17.8. The zero-order valence-corrected chi connectivity index (χ0v) is 30.1. The van der Waals surface area contributed by atoms with Gasteiger partial charge < -0.3 is 4.90 Å². The van der Waals surface area contributed by atoms with Gasteiger partial charge in [-0.25, -0.2) is 15.0 Å². The maximum Gasteiger partial charge on any atom is 0.164 e. The number of para-hydroxylation sites is 2. The maximum atomic E-state index is 4.92. The molecule has 0 aliphatic carbocycles. The SMILES string of the molecule is C=Nc1ccccc1N1Cc2cc3ccccc3cc2-c2cc(-c3ccc(-c4nc(C(/C=C\C)=C/C)nc(-c5ccccc5)n4)cc3)ccc21.CC. The molecule has 0 bridgehead atoms. The van der Waals surface area contributed by atoms with Crippen LogP contribution in [0.3, 0.4) is 0 Å². The Hall–Kier alpha value is -6.46. The van der Waals surface area contributed by atoms with Gasteiger partial charge in [-0.2, -0.15) is 0 Å². The third-order valence-electron chi connectivity index (χ3n) is 9.28. The Kier molecular flexibility index (Phi) is 9.94. The molecular weight excluding hydrogens is 635 g/mol. The van der Waals surface area contributed by atoms with Crippen LogP contribution < -0.4 is 4.90 Å². The molecule has 7 aromatic rings. The first kappa shape index (κ1) is 34.0. The Morgan fingerprint density at radius 3 is 1.92 bits per heavy atom. The summed E-state index contributed by atoms with van der Waals surface area (Å²) in [5.74, 6) is 1.94. The molecule has 5 heteroatoms. The zero-order chi connectivity index (χ0) is 36.0. The lowest BCUT2D eigenvalue weighted by Crippen LogP contribution is -2.21. The average molecular weight is 676 g/mol. The van der Waals surface area contributed by atoms with Crippen LogP contribution in [0.15, 0.2) is 157 Å². The molecule has 6 aromatic carbocycles. The van der Waals surface area contributed by atoms with E-state index in [1.165, 1.54) is 27.5 Å². The Bertz CT molecular complexity index is 2440. The molecule has 5 nitrogen and oxygen atoms in total. The predicted molar refractivity (Wildman–Crippen MR) is 220 cm³/mol. The fourth-order valence-corrected chi connectivity index (χ4v) is 6.77. The lowest BCUT2D eigenvalue weighted by Gasteiger charge is -2.34. The Morgan fingerprint density at radius 2 is 1.23 bits per heavy atom. The van der Waals surface area contributed by atoms with Crippen LogP contribution in [0.1, 0.15) is 39.1 Å². The number of rotatable bonds is 7. The van der Waals surface area contributed by atoms with E-state index in [-0.39, 0.29) is 0 Å². The molecular formula is C47H41N5. The van der Waals surface area contributed by atoms with Crippen LogP contribution in [0.25, 0.3) is 61.4 Å². The van der Waals surface area contributed by atoms with E-state index < -0.39 is 0 Å². The van der Waals surface area contributed by atoms with Gasteiger partial charge in [-0.1, -0.05) is 129 Å². The lowest BCUT2D eigenvalue weighted by molar-refractivity contribution is 0.963. The number of aromatic nitrogens is 3. The van der Waals surface area contributed by atoms with Crippen LogP contribution in [0, 0.1) is 0 Å². The molecule has 2 heterocycles. The van der Waals surface area contributed by atoms with Crippen molar-refractivity contribution in [3.63, 3.8) is 0 Å². The van der Waals surface area contributed by atoms with E-state index in [4.69, 9.17) is 15.0 Å². The van der Waals surface area contributed by atoms with Gasteiger partial charge in [-0.15, -0.1) is 0 Å². The summed E-state index contributed by atoms with van der Waals surface area (Å²) < 4.78 is 0. The molecule has 254 valence electrons. The van der Waals surface area contributed by atoms with Crippen LogP contribution in [0.5, 0.6) is 0 Å². The minimum absolute atomic E-state index is 0.639. The van der Waals surface area contributed by atoms with Crippen molar-refractivity contribution in [3.8, 4) is 45.0 Å². The highest BCUT2D eigenvalue weighted by atomic mass is 15.2. The van der Waals surface area contributed by atoms with E-state index in [1.54, 1.807) is 0 Å². The molecule has 1 aliphatic rings. The molecule has 52 heavy (non-hydrogen) atoms. The summed E-state index contributed by atoms with van der Waals surface area (Å²) in [6, 6.07) is 46.8. The fourth-order valence-electron chi connectivity index (χ4n) is 6.77. The molecule has 1 aliphatic heterocycles. The van der Waals surface area contributed by atoms with E-state index >= 15 is 0 Å². The second-order valence-electron chi connectivity index (χ2n) is 12.3. The number of aliphatic imine (C=N–C) groups is 1. The molecule has 0 spiro atoms. The van der Waals surface area contributed by atoms with Gasteiger partial charge in [0.25, 0.3) is 0 Å². The second-order valence-corrected chi connectivity index (χ2v) is 12.3. The molecule has 0 radical (unpaired) electrons. The highest BCUT2D eigenvalue weighted by molar-refractivity contribution is 5.97. The number of hydrogen-bond donors (Lipinski definition) is 0. The number of fused-ring (bicyclic) bond motifs is 4. The van der Waals surface area contributed by atoms with Gasteiger partial charge in [0, 0.05) is 34.5 Å². The van der Waals surface area contributed by atoms with Crippen LogP contribution in [0.4, 0.5) is 17.1 Å². The summed E-state index contributed by atoms with van der Waals surface area (Å²) >= 11 is 0. The first-order valence-electron chi connectivity index (χ1n) is 17.8. The smallest absolute Gasteiger partial charge is 0.164 e. The van der Waals surface area contributed by atoms with Gasteiger partial charge >= 0.3 is 0 Å². The van der Waals surface area contributed by atoms with Gasteiger partial charge in [-0.05, 0) is 90.0 Å². The minimum atomic E-state index is 0.639. The number of benzene rings is 6. The number of anilines is 2. The zero-order valence-electron chi connectivity index (χ0n) is 30.1. The topological polar surface area (TPSA) is 54.3 Å². The number of allylic oxidation sites excluding steroid dienone is 4. The van der Waals surface area contributed by atoms with Crippen molar-refractivity contribution in [3.05, 3.63) is 163 Å². The predicted octanol–water partition coefficient (Wildman–Crippen LogP) is 12.7. The highest BCUT2D eigenvalue weighted by Gasteiger charge is 2.26. The van der Waals surface area contributed by atoms with Crippen molar-refractivity contribution < 1.29 is 0 Å². The summed E-state index contributed by atoms with van der Waals surface area (Å²) in [5.41, 5.74) is 11.9. The van der Waals surface area contributed by atoms with Crippen LogP contribution >= 0.6 is 0 Å². The normalized spacial score (nSPS) is 12.2. The third kappa shape index (κ3) is 6.57. The summed E-state index contributed by atoms with van der Waals surface area (Å²) in [4.78, 5) is 21.4. The van der Waals surface area contributed by atoms with Crippen molar-refractivity contribution in [2.45, 2.75) is 34.2 Å². The van der Waals surface area contributed by atoms with E-state index in [0.29, 0.717) is 17.5 Å². The van der Waals surface area contributed by atoms with E-state index in [9.17, 15) is 0 Å². The lowest BCUT2D eigenvalue weighted by atomic mass is 9.88. The molecule has 0 N–H and O–H groups in total. The summed E-state index contributed by atoms with van der Waals surface area (Å²) in [6.45, 7) is 12.6. The molecule has 0 saturated heterocycles. The van der Waals surface area contributed by atoms with Crippen LogP contribution in [0.2, 0.25) is 0 Å². The molecule has 0 atom stereocenters. The Balaban J connectivity index is 0.00000207. The quantitative estimate of drug-likeness (QED) is 0.125. The molecule has 0 unspecified atom stereocenters.